The number of amides is 1. The summed E-state index contributed by atoms with van der Waals surface area (Å²) in [5, 5.41) is 12.6. The van der Waals surface area contributed by atoms with Crippen LogP contribution in [0.25, 0.3) is 0 Å². The number of allylic oxidation sites excluding steroid dienone is 1. The van der Waals surface area contributed by atoms with E-state index in [0.717, 1.165) is 68.9 Å². The third kappa shape index (κ3) is 14.8. The van der Waals surface area contributed by atoms with Gasteiger partial charge in [0.15, 0.2) is 11.5 Å². The summed E-state index contributed by atoms with van der Waals surface area (Å²) in [6.07, 6.45) is 17.9. The molecular weight excluding hydrogens is 502 g/mol. The van der Waals surface area contributed by atoms with Crippen LogP contribution in [-0.2, 0) is 27.3 Å². The fraction of sp³-hybridized carbons (Fsp3) is 0.529. The molecule has 0 radical (unpaired) electrons. The van der Waals surface area contributed by atoms with Gasteiger partial charge in [-0.2, -0.15) is 0 Å². The van der Waals surface area contributed by atoms with E-state index in [9.17, 15) is 14.7 Å². The summed E-state index contributed by atoms with van der Waals surface area (Å²) < 4.78 is 10.9. The molecule has 40 heavy (non-hydrogen) atoms. The fourth-order valence-corrected chi connectivity index (χ4v) is 4.58. The lowest BCUT2D eigenvalue weighted by Crippen LogP contribution is -2.22. The van der Waals surface area contributed by atoms with Crippen molar-refractivity contribution in [2.45, 2.75) is 109 Å². The number of benzene rings is 2. The topological polar surface area (TPSA) is 84.9 Å². The number of carbonyl (C=O) groups excluding carboxylic acids is 2. The molecule has 2 aromatic carbocycles. The van der Waals surface area contributed by atoms with Crippen molar-refractivity contribution >= 4 is 11.9 Å². The zero-order valence-electron chi connectivity index (χ0n) is 24.5. The number of phenolic OH excluding ortho intramolecular Hbond substituents is 1. The second-order valence-electron chi connectivity index (χ2n) is 10.4. The average Bonchev–Trinajstić information content (AvgIpc) is 2.96. The normalized spacial score (nSPS) is 11.8. The van der Waals surface area contributed by atoms with Crippen LogP contribution in [0.3, 0.4) is 0 Å². The van der Waals surface area contributed by atoms with Gasteiger partial charge in [0.05, 0.1) is 13.5 Å². The predicted molar refractivity (Wildman–Crippen MR) is 161 cm³/mol. The first-order valence-corrected chi connectivity index (χ1v) is 15.0. The number of hydrogen-bond acceptors (Lipinski definition) is 5. The van der Waals surface area contributed by atoms with Crippen molar-refractivity contribution in [2.24, 2.45) is 0 Å². The molecule has 0 aliphatic rings. The Morgan fingerprint density at radius 3 is 2.42 bits per heavy atom. The molecule has 0 aliphatic heterocycles. The summed E-state index contributed by atoms with van der Waals surface area (Å²) in [5.74, 6) is 0.402. The summed E-state index contributed by atoms with van der Waals surface area (Å²) in [5.41, 5.74) is 1.88. The predicted octanol–water partition coefficient (Wildman–Crippen LogP) is 7.82. The molecule has 2 aromatic rings. The van der Waals surface area contributed by atoms with Crippen LogP contribution in [0.5, 0.6) is 11.5 Å². The van der Waals surface area contributed by atoms with Gasteiger partial charge < -0.3 is 19.9 Å². The zero-order valence-corrected chi connectivity index (χ0v) is 24.5. The first-order chi connectivity index (χ1) is 19.5. The molecule has 1 amide bonds. The minimum absolute atomic E-state index is 0.0451. The third-order valence-corrected chi connectivity index (χ3v) is 6.94. The van der Waals surface area contributed by atoms with Crippen LogP contribution in [0.15, 0.2) is 60.7 Å². The molecule has 0 aromatic heterocycles. The van der Waals surface area contributed by atoms with Crippen molar-refractivity contribution in [2.75, 3.05) is 7.11 Å². The van der Waals surface area contributed by atoms with Crippen molar-refractivity contribution in [1.29, 1.82) is 0 Å². The largest absolute Gasteiger partial charge is 0.504 e. The summed E-state index contributed by atoms with van der Waals surface area (Å²) >= 11 is 0. The number of carbonyl (C=O) groups is 2. The monoisotopic (exact) mass is 551 g/mol. The summed E-state index contributed by atoms with van der Waals surface area (Å²) in [7, 11) is 1.51. The highest BCUT2D eigenvalue weighted by Gasteiger charge is 2.13. The van der Waals surface area contributed by atoms with Crippen molar-refractivity contribution in [3.63, 3.8) is 0 Å². The number of unbranched alkanes of at least 4 members (excludes halogenated alkanes) is 8. The Kier molecular flexibility index (Phi) is 17.0. The average molecular weight is 552 g/mol. The van der Waals surface area contributed by atoms with E-state index in [1.54, 1.807) is 18.2 Å². The van der Waals surface area contributed by atoms with Gasteiger partial charge in [0.1, 0.15) is 6.10 Å². The summed E-state index contributed by atoms with van der Waals surface area (Å²) in [6.45, 7) is 2.63. The fourth-order valence-electron chi connectivity index (χ4n) is 4.58. The minimum atomic E-state index is -0.144. The Hall–Kier alpha value is -3.28. The number of esters is 1. The van der Waals surface area contributed by atoms with Crippen molar-refractivity contribution in [1.82, 2.24) is 5.32 Å². The summed E-state index contributed by atoms with van der Waals surface area (Å²) in [6, 6.07) is 14.9. The smallest absolute Gasteiger partial charge is 0.310 e. The highest BCUT2D eigenvalue weighted by Crippen LogP contribution is 2.26. The molecule has 0 aliphatic carbocycles. The molecule has 220 valence electrons. The Morgan fingerprint density at radius 2 is 1.65 bits per heavy atom. The van der Waals surface area contributed by atoms with Gasteiger partial charge in [0.25, 0.3) is 0 Å². The maximum absolute atomic E-state index is 12.5. The van der Waals surface area contributed by atoms with E-state index in [1.807, 2.05) is 30.3 Å². The van der Waals surface area contributed by atoms with Gasteiger partial charge in [-0.1, -0.05) is 94.0 Å². The van der Waals surface area contributed by atoms with E-state index >= 15 is 0 Å². The van der Waals surface area contributed by atoms with E-state index < -0.39 is 0 Å². The molecule has 2 N–H and O–H groups in total. The van der Waals surface area contributed by atoms with E-state index in [4.69, 9.17) is 9.47 Å². The van der Waals surface area contributed by atoms with Crippen molar-refractivity contribution in [3.05, 3.63) is 71.8 Å². The molecule has 0 saturated heterocycles. The number of hydrogen-bond donors (Lipinski definition) is 2. The van der Waals surface area contributed by atoms with Crippen LogP contribution in [0.1, 0.15) is 102 Å². The van der Waals surface area contributed by atoms with E-state index in [1.165, 1.54) is 26.4 Å². The number of nitrogens with one attached hydrogen (secondary N) is 1. The molecular formula is C34H49NO5. The molecule has 0 heterocycles. The van der Waals surface area contributed by atoms with Gasteiger partial charge in [0.2, 0.25) is 5.91 Å². The number of aromatic hydroxyl groups is 1. The standard InChI is InChI=1S/C34H49NO5/c1-3-4-5-15-20-30(40-34(38)26-28-18-13-12-14-19-28)21-16-10-8-6-7-9-11-17-22-33(37)35-27-29-23-24-31(36)32(25-29)39-2/h10,12-14,16,18-19,23-25,30,36H,3-9,11,15,17,20-22,26-27H2,1-2H3,(H,35,37)/b16-10-/t30-/m1/s1. The van der Waals surface area contributed by atoms with Crippen LogP contribution in [-0.4, -0.2) is 30.2 Å². The molecule has 0 bridgehead atoms. The zero-order chi connectivity index (χ0) is 28.8. The lowest BCUT2D eigenvalue weighted by molar-refractivity contribution is -0.148. The van der Waals surface area contributed by atoms with E-state index in [-0.39, 0.29) is 23.7 Å². The van der Waals surface area contributed by atoms with Crippen LogP contribution < -0.4 is 10.1 Å². The van der Waals surface area contributed by atoms with Crippen molar-refractivity contribution < 1.29 is 24.2 Å². The lowest BCUT2D eigenvalue weighted by atomic mass is 10.1. The van der Waals surface area contributed by atoms with Gasteiger partial charge in [-0.25, -0.2) is 0 Å². The molecule has 1 atom stereocenters. The Bertz CT molecular complexity index is 1000. The maximum atomic E-state index is 12.5. The van der Waals surface area contributed by atoms with Crippen LogP contribution in [0, 0.1) is 0 Å². The van der Waals surface area contributed by atoms with Crippen LogP contribution in [0.2, 0.25) is 0 Å². The number of rotatable bonds is 21. The lowest BCUT2D eigenvalue weighted by Gasteiger charge is -2.16. The number of phenols is 1. The quantitative estimate of drug-likeness (QED) is 0.0938. The number of ether oxygens (including phenoxy) is 2. The third-order valence-electron chi connectivity index (χ3n) is 6.94. The highest BCUT2D eigenvalue weighted by molar-refractivity contribution is 5.75. The molecule has 6 heteroatoms. The Labute approximate surface area is 241 Å². The first kappa shape index (κ1) is 32.9. The van der Waals surface area contributed by atoms with Gasteiger partial charge in [0, 0.05) is 19.4 Å². The molecule has 6 nitrogen and oxygen atoms in total. The number of methoxy groups -OCH3 is 1. The highest BCUT2D eigenvalue weighted by atomic mass is 16.5. The minimum Gasteiger partial charge on any atom is -0.504 e. The van der Waals surface area contributed by atoms with Crippen LogP contribution >= 0.6 is 0 Å². The molecule has 0 saturated carbocycles. The van der Waals surface area contributed by atoms with Crippen molar-refractivity contribution in [3.8, 4) is 11.5 Å². The molecule has 0 fully saturated rings. The Balaban J connectivity index is 1.56. The second kappa shape index (κ2) is 20.6. The molecule has 2 rings (SSSR count). The first-order valence-electron chi connectivity index (χ1n) is 15.0. The molecule has 0 unspecified atom stereocenters. The van der Waals surface area contributed by atoms with E-state index in [0.29, 0.717) is 25.1 Å². The van der Waals surface area contributed by atoms with E-state index in [2.05, 4.69) is 24.4 Å². The second-order valence-corrected chi connectivity index (χ2v) is 10.4. The van der Waals surface area contributed by atoms with Gasteiger partial charge >= 0.3 is 5.97 Å². The SMILES string of the molecule is CCCCCC[C@H](C/C=C\CCCCCCCC(=O)NCc1ccc(O)c(OC)c1)OC(=O)Cc1ccccc1. The maximum Gasteiger partial charge on any atom is 0.310 e. The van der Waals surface area contributed by atoms with Gasteiger partial charge in [-0.05, 0) is 55.4 Å². The Morgan fingerprint density at radius 1 is 0.900 bits per heavy atom. The van der Waals surface area contributed by atoms with Gasteiger partial charge in [-0.15, -0.1) is 0 Å². The summed E-state index contributed by atoms with van der Waals surface area (Å²) in [4.78, 5) is 24.6. The van der Waals surface area contributed by atoms with Gasteiger partial charge in [-0.3, -0.25) is 9.59 Å². The van der Waals surface area contributed by atoms with Crippen LogP contribution in [0.4, 0.5) is 0 Å². The molecule has 0 spiro atoms.